The lowest BCUT2D eigenvalue weighted by Gasteiger charge is -2.21. The molecule has 0 saturated heterocycles. The first kappa shape index (κ1) is 14.2. The summed E-state index contributed by atoms with van der Waals surface area (Å²) in [6.07, 6.45) is 4.62. The lowest BCUT2D eigenvalue weighted by molar-refractivity contribution is 0.0894. The molecule has 0 aromatic carbocycles. The van der Waals surface area contributed by atoms with Gasteiger partial charge in [-0.15, -0.1) is 0 Å². The molecule has 1 N–H and O–H groups in total. The molecular formula is C19H21N3O. The van der Waals surface area contributed by atoms with Gasteiger partial charge in [0, 0.05) is 29.7 Å². The summed E-state index contributed by atoms with van der Waals surface area (Å²) in [6, 6.07) is 6.12. The van der Waals surface area contributed by atoms with Gasteiger partial charge in [0.2, 0.25) is 0 Å². The molecular weight excluding hydrogens is 286 g/mol. The number of aryl methyl sites for hydroxylation is 3. The Morgan fingerprint density at radius 2 is 2.13 bits per heavy atom. The third kappa shape index (κ3) is 2.12. The van der Waals surface area contributed by atoms with Crippen LogP contribution in [-0.2, 0) is 12.8 Å². The number of carbonyl (C=O) groups excluding carboxylic acids is 1. The summed E-state index contributed by atoms with van der Waals surface area (Å²) < 4.78 is 2.07. The first-order valence-electron chi connectivity index (χ1n) is 8.21. The standard InChI is InChI=1S/C19H21N3O/c1-11-15-8-7-14(10-16-12(2)20-13(3)21-16)19(23)18(15)22-9-5-4-6-17(11)22/h4-6,9,14H,7-8,10H2,1-3H3,(H,20,21). The van der Waals surface area contributed by atoms with Gasteiger partial charge in [0.1, 0.15) is 5.82 Å². The summed E-state index contributed by atoms with van der Waals surface area (Å²) in [5.41, 5.74) is 6.63. The van der Waals surface area contributed by atoms with E-state index in [-0.39, 0.29) is 11.7 Å². The number of fused-ring (bicyclic) bond motifs is 3. The number of imidazole rings is 1. The van der Waals surface area contributed by atoms with Gasteiger partial charge < -0.3 is 9.38 Å². The van der Waals surface area contributed by atoms with Gasteiger partial charge in [-0.2, -0.15) is 0 Å². The lowest BCUT2D eigenvalue weighted by atomic mass is 9.82. The number of aromatic nitrogens is 3. The van der Waals surface area contributed by atoms with Gasteiger partial charge in [-0.25, -0.2) is 4.98 Å². The molecule has 1 atom stereocenters. The van der Waals surface area contributed by atoms with Crippen LogP contribution >= 0.6 is 0 Å². The summed E-state index contributed by atoms with van der Waals surface area (Å²) in [7, 11) is 0. The van der Waals surface area contributed by atoms with E-state index in [0.717, 1.165) is 47.7 Å². The molecule has 23 heavy (non-hydrogen) atoms. The van der Waals surface area contributed by atoms with Crippen LogP contribution in [0.4, 0.5) is 0 Å². The monoisotopic (exact) mass is 307 g/mol. The van der Waals surface area contributed by atoms with Crippen LogP contribution in [0.3, 0.4) is 0 Å². The fourth-order valence-corrected chi connectivity index (χ4v) is 3.92. The van der Waals surface area contributed by atoms with E-state index in [2.05, 4.69) is 27.4 Å². The molecule has 0 spiro atoms. The molecule has 118 valence electrons. The van der Waals surface area contributed by atoms with E-state index in [0.29, 0.717) is 0 Å². The second kappa shape index (κ2) is 5.08. The zero-order valence-corrected chi connectivity index (χ0v) is 13.8. The first-order chi connectivity index (χ1) is 11.1. The van der Waals surface area contributed by atoms with Crippen molar-refractivity contribution in [2.75, 3.05) is 0 Å². The van der Waals surface area contributed by atoms with E-state index in [1.807, 2.05) is 32.2 Å². The van der Waals surface area contributed by atoms with E-state index in [1.165, 1.54) is 11.1 Å². The van der Waals surface area contributed by atoms with Crippen molar-refractivity contribution in [2.45, 2.75) is 40.0 Å². The molecule has 4 nitrogen and oxygen atoms in total. The number of pyridine rings is 1. The second-order valence-electron chi connectivity index (χ2n) is 6.61. The van der Waals surface area contributed by atoms with Gasteiger partial charge in [-0.3, -0.25) is 4.79 Å². The maximum Gasteiger partial charge on any atom is 0.183 e. The smallest absolute Gasteiger partial charge is 0.183 e. The minimum atomic E-state index is 0.0293. The number of ketones is 1. The van der Waals surface area contributed by atoms with E-state index in [1.54, 1.807) is 0 Å². The van der Waals surface area contributed by atoms with Crippen LogP contribution < -0.4 is 0 Å². The number of H-pyrrole nitrogens is 1. The summed E-state index contributed by atoms with van der Waals surface area (Å²) in [5.74, 6) is 1.22. The van der Waals surface area contributed by atoms with E-state index >= 15 is 0 Å². The Balaban J connectivity index is 1.75. The molecule has 0 radical (unpaired) electrons. The van der Waals surface area contributed by atoms with Gasteiger partial charge in [0.05, 0.1) is 11.4 Å². The van der Waals surface area contributed by atoms with Crippen molar-refractivity contribution >= 4 is 11.3 Å². The third-order valence-electron chi connectivity index (χ3n) is 5.11. The molecule has 0 fully saturated rings. The van der Waals surface area contributed by atoms with Gasteiger partial charge in [0.25, 0.3) is 0 Å². The average Bonchev–Trinajstić information content (AvgIpc) is 3.00. The Labute approximate surface area is 135 Å². The predicted molar refractivity (Wildman–Crippen MR) is 90.0 cm³/mol. The number of hydrogen-bond donors (Lipinski definition) is 1. The highest BCUT2D eigenvalue weighted by atomic mass is 16.1. The van der Waals surface area contributed by atoms with Crippen LogP contribution in [-0.4, -0.2) is 20.2 Å². The summed E-state index contributed by atoms with van der Waals surface area (Å²) in [5, 5.41) is 0. The van der Waals surface area contributed by atoms with Gasteiger partial charge in [-0.1, -0.05) is 6.07 Å². The molecule has 1 unspecified atom stereocenters. The van der Waals surface area contributed by atoms with Crippen LogP contribution in [0, 0.1) is 26.7 Å². The minimum Gasteiger partial charge on any atom is -0.346 e. The number of nitrogens with zero attached hydrogens (tertiary/aromatic N) is 2. The molecule has 4 heteroatoms. The van der Waals surface area contributed by atoms with Crippen molar-refractivity contribution in [2.24, 2.45) is 5.92 Å². The maximum atomic E-state index is 13.1. The molecule has 3 aromatic heterocycles. The Hall–Kier alpha value is -2.36. The van der Waals surface area contributed by atoms with E-state index in [4.69, 9.17) is 0 Å². The van der Waals surface area contributed by atoms with E-state index < -0.39 is 0 Å². The van der Waals surface area contributed by atoms with Crippen LogP contribution in [0.1, 0.15) is 45.2 Å². The number of rotatable bonds is 2. The minimum absolute atomic E-state index is 0.0293. The van der Waals surface area contributed by atoms with Crippen LogP contribution in [0.5, 0.6) is 0 Å². The third-order valence-corrected chi connectivity index (χ3v) is 5.11. The van der Waals surface area contributed by atoms with Crippen LogP contribution in [0.2, 0.25) is 0 Å². The topological polar surface area (TPSA) is 50.2 Å². The highest BCUT2D eigenvalue weighted by molar-refractivity contribution is 6.01. The summed E-state index contributed by atoms with van der Waals surface area (Å²) in [4.78, 5) is 20.9. The van der Waals surface area contributed by atoms with Crippen molar-refractivity contribution in [3.05, 3.63) is 58.4 Å². The van der Waals surface area contributed by atoms with Crippen molar-refractivity contribution in [1.29, 1.82) is 0 Å². The zero-order valence-electron chi connectivity index (χ0n) is 13.8. The van der Waals surface area contributed by atoms with Crippen molar-refractivity contribution < 1.29 is 4.79 Å². The number of Topliss-reactive ketones (excluding diaryl/α,β-unsaturated/α-hetero) is 1. The number of hydrogen-bond acceptors (Lipinski definition) is 2. The van der Waals surface area contributed by atoms with Crippen LogP contribution in [0.25, 0.3) is 5.52 Å². The van der Waals surface area contributed by atoms with Gasteiger partial charge in [-0.05, 0) is 56.9 Å². The Morgan fingerprint density at radius 3 is 2.87 bits per heavy atom. The highest BCUT2D eigenvalue weighted by Crippen LogP contribution is 2.33. The number of aromatic amines is 1. The molecule has 1 aliphatic carbocycles. The molecule has 0 saturated carbocycles. The number of nitrogens with one attached hydrogen (secondary N) is 1. The Morgan fingerprint density at radius 1 is 1.30 bits per heavy atom. The quantitative estimate of drug-likeness (QED) is 0.787. The van der Waals surface area contributed by atoms with Gasteiger partial charge in [0.15, 0.2) is 5.78 Å². The molecule has 1 aliphatic rings. The normalized spacial score (nSPS) is 17.7. The predicted octanol–water partition coefficient (Wildman–Crippen LogP) is 3.58. The second-order valence-corrected chi connectivity index (χ2v) is 6.61. The van der Waals surface area contributed by atoms with Crippen molar-refractivity contribution in [3.63, 3.8) is 0 Å². The zero-order chi connectivity index (χ0) is 16.1. The highest BCUT2D eigenvalue weighted by Gasteiger charge is 2.32. The SMILES string of the molecule is Cc1nc(CC2CCc3c(C)c4ccccn4c3C2=O)c(C)[nH]1. The van der Waals surface area contributed by atoms with Crippen molar-refractivity contribution in [1.82, 2.24) is 14.4 Å². The molecule has 3 heterocycles. The van der Waals surface area contributed by atoms with Gasteiger partial charge >= 0.3 is 0 Å². The van der Waals surface area contributed by atoms with Crippen molar-refractivity contribution in [3.8, 4) is 0 Å². The molecule has 0 bridgehead atoms. The summed E-state index contributed by atoms with van der Waals surface area (Å²) in [6.45, 7) is 6.12. The number of carbonyl (C=O) groups is 1. The molecule has 4 rings (SSSR count). The first-order valence-corrected chi connectivity index (χ1v) is 8.21. The molecule has 3 aromatic rings. The Kier molecular flexibility index (Phi) is 3.15. The molecule has 0 amide bonds. The average molecular weight is 307 g/mol. The van der Waals surface area contributed by atoms with E-state index in [9.17, 15) is 4.79 Å². The fourth-order valence-electron chi connectivity index (χ4n) is 3.92. The lowest BCUT2D eigenvalue weighted by Crippen LogP contribution is -2.25. The Bertz CT molecular complexity index is 916. The summed E-state index contributed by atoms with van der Waals surface area (Å²) >= 11 is 0. The van der Waals surface area contributed by atoms with Crippen LogP contribution in [0.15, 0.2) is 24.4 Å². The molecule has 0 aliphatic heterocycles. The largest absolute Gasteiger partial charge is 0.346 e. The maximum absolute atomic E-state index is 13.1. The fraction of sp³-hybridized carbons (Fsp3) is 0.368.